The molecule has 0 radical (unpaired) electrons. The largest absolute Gasteiger partial charge is 0.416 e. The van der Waals surface area contributed by atoms with E-state index >= 15 is 0 Å². The first-order valence-electron chi connectivity index (χ1n) is 7.79. The van der Waals surface area contributed by atoms with Crippen LogP contribution in [0.5, 0.6) is 0 Å². The molecule has 0 aliphatic heterocycles. The smallest absolute Gasteiger partial charge is 0.206 e. The van der Waals surface area contributed by atoms with Gasteiger partial charge >= 0.3 is 6.18 Å². The number of benzene rings is 2. The lowest BCUT2D eigenvalue weighted by atomic mass is 10.2. The third-order valence-corrected chi connectivity index (χ3v) is 4.80. The Bertz CT molecular complexity index is 1250. The minimum Gasteiger partial charge on any atom is -0.206 e. The number of anilines is 2. The predicted octanol–water partition coefficient (Wildman–Crippen LogP) is 2.93. The van der Waals surface area contributed by atoms with Crippen LogP contribution in [0.3, 0.4) is 0 Å². The zero-order valence-electron chi connectivity index (χ0n) is 14.8. The predicted molar refractivity (Wildman–Crippen MR) is 92.2 cm³/mol. The second-order valence-corrected chi connectivity index (χ2v) is 7.69. The number of halogens is 5. The fourth-order valence-corrected chi connectivity index (χ4v) is 3.39. The Hall–Kier alpha value is -3.60. The first kappa shape index (κ1) is 21.1. The van der Waals surface area contributed by atoms with Gasteiger partial charge in [0, 0.05) is 6.07 Å². The van der Waals surface area contributed by atoms with Gasteiger partial charge in [0.05, 0.1) is 28.8 Å². The molecule has 0 atom stereocenters. The summed E-state index contributed by atoms with van der Waals surface area (Å²) in [4.78, 5) is 0. The summed E-state index contributed by atoms with van der Waals surface area (Å²) < 4.78 is 92.4. The molecule has 30 heavy (non-hydrogen) atoms. The van der Waals surface area contributed by atoms with Gasteiger partial charge in [0.15, 0.2) is 0 Å². The van der Waals surface area contributed by atoms with Gasteiger partial charge in [-0.05, 0) is 40.8 Å². The normalized spacial score (nSPS) is 11.9. The van der Waals surface area contributed by atoms with E-state index in [9.17, 15) is 30.4 Å². The molecule has 156 valence electrons. The van der Waals surface area contributed by atoms with Gasteiger partial charge in [0.2, 0.25) is 10.0 Å². The van der Waals surface area contributed by atoms with Crippen LogP contribution in [0.2, 0.25) is 0 Å². The van der Waals surface area contributed by atoms with Crippen LogP contribution in [0.15, 0.2) is 36.4 Å². The van der Waals surface area contributed by atoms with Crippen molar-refractivity contribution in [1.29, 1.82) is 5.26 Å². The van der Waals surface area contributed by atoms with Gasteiger partial charge in [-0.15, -0.1) is 0 Å². The molecule has 0 aliphatic rings. The second kappa shape index (κ2) is 7.34. The van der Waals surface area contributed by atoms with Crippen molar-refractivity contribution in [2.24, 2.45) is 0 Å². The molecular formula is C16H9F5N6O2S. The Morgan fingerprint density at radius 3 is 2.27 bits per heavy atom. The van der Waals surface area contributed by atoms with E-state index in [1.165, 1.54) is 6.07 Å². The highest BCUT2D eigenvalue weighted by molar-refractivity contribution is 7.92. The molecule has 0 fully saturated rings. The molecule has 0 saturated carbocycles. The molecule has 0 aliphatic carbocycles. The Kier molecular flexibility index (Phi) is 5.16. The molecule has 0 N–H and O–H groups in total. The van der Waals surface area contributed by atoms with E-state index in [1.54, 1.807) is 0 Å². The maximum Gasteiger partial charge on any atom is 0.416 e. The van der Waals surface area contributed by atoms with Crippen molar-refractivity contribution in [3.05, 3.63) is 59.2 Å². The molecule has 0 saturated heterocycles. The van der Waals surface area contributed by atoms with Crippen LogP contribution in [-0.4, -0.2) is 34.9 Å². The minimum atomic E-state index is -4.61. The van der Waals surface area contributed by atoms with E-state index in [2.05, 4.69) is 15.5 Å². The number of sulfonamides is 1. The van der Waals surface area contributed by atoms with Crippen molar-refractivity contribution in [3.63, 3.8) is 0 Å². The topological polar surface area (TPSA) is 105 Å². The van der Waals surface area contributed by atoms with Crippen LogP contribution in [0, 0.1) is 23.0 Å². The average Bonchev–Trinajstić information content (AvgIpc) is 3.11. The minimum absolute atomic E-state index is 0.0776. The van der Waals surface area contributed by atoms with Crippen molar-refractivity contribution >= 4 is 21.7 Å². The highest BCUT2D eigenvalue weighted by Crippen LogP contribution is 2.33. The lowest BCUT2D eigenvalue weighted by Gasteiger charge is -2.21. The maximum absolute atomic E-state index is 14.5. The SMILES string of the molecule is CS(=O)(=O)N(c1cc(F)c(C#N)cc1F)c1nnnn1-c1ccc(C(F)(F)F)cc1. The first-order chi connectivity index (χ1) is 13.9. The van der Waals surface area contributed by atoms with E-state index in [4.69, 9.17) is 5.26 Å². The van der Waals surface area contributed by atoms with Crippen LogP contribution in [0.1, 0.15) is 11.1 Å². The van der Waals surface area contributed by atoms with Gasteiger partial charge in [-0.2, -0.15) is 23.1 Å². The van der Waals surface area contributed by atoms with Crippen LogP contribution in [-0.2, 0) is 16.2 Å². The molecule has 8 nitrogen and oxygen atoms in total. The zero-order chi connectivity index (χ0) is 22.3. The highest BCUT2D eigenvalue weighted by atomic mass is 32.2. The molecule has 3 aromatic rings. The Morgan fingerprint density at radius 1 is 1.10 bits per heavy atom. The fraction of sp³-hybridized carbons (Fsp3) is 0.125. The van der Waals surface area contributed by atoms with E-state index in [1.807, 2.05) is 0 Å². The van der Waals surface area contributed by atoms with Crippen molar-refractivity contribution in [3.8, 4) is 11.8 Å². The molecule has 0 amide bonds. The number of alkyl halides is 3. The van der Waals surface area contributed by atoms with Gasteiger partial charge in [-0.1, -0.05) is 5.10 Å². The molecule has 0 unspecified atom stereocenters. The van der Waals surface area contributed by atoms with E-state index in [0.717, 1.165) is 16.8 Å². The number of aromatic nitrogens is 4. The summed E-state index contributed by atoms with van der Waals surface area (Å²) >= 11 is 0. The molecular weight excluding hydrogens is 435 g/mol. The molecule has 1 heterocycles. The van der Waals surface area contributed by atoms with Crippen LogP contribution in [0.4, 0.5) is 33.6 Å². The second-order valence-electron chi connectivity index (χ2n) is 5.86. The Labute approximate surface area is 165 Å². The van der Waals surface area contributed by atoms with E-state index < -0.39 is 50.6 Å². The van der Waals surface area contributed by atoms with Crippen LogP contribution >= 0.6 is 0 Å². The number of rotatable bonds is 4. The summed E-state index contributed by atoms with van der Waals surface area (Å²) in [5.41, 5.74) is -2.53. The average molecular weight is 444 g/mol. The van der Waals surface area contributed by atoms with Crippen LogP contribution < -0.4 is 4.31 Å². The highest BCUT2D eigenvalue weighted by Gasteiger charge is 2.32. The fourth-order valence-electron chi connectivity index (χ4n) is 2.48. The van der Waals surface area contributed by atoms with Crippen molar-refractivity contribution in [1.82, 2.24) is 20.2 Å². The number of nitriles is 1. The third-order valence-electron chi connectivity index (χ3n) is 3.78. The van der Waals surface area contributed by atoms with Crippen molar-refractivity contribution in [2.75, 3.05) is 10.6 Å². The number of tetrazole rings is 1. The summed E-state index contributed by atoms with van der Waals surface area (Å²) in [7, 11) is -4.36. The number of hydrogen-bond donors (Lipinski definition) is 0. The van der Waals surface area contributed by atoms with Crippen molar-refractivity contribution < 1.29 is 30.4 Å². The number of nitrogens with zero attached hydrogens (tertiary/aromatic N) is 6. The van der Waals surface area contributed by atoms with Gasteiger partial charge in [0.1, 0.15) is 17.7 Å². The number of hydrogen-bond acceptors (Lipinski definition) is 6. The molecule has 0 bridgehead atoms. The summed E-state index contributed by atoms with van der Waals surface area (Å²) in [5.74, 6) is -3.10. The first-order valence-corrected chi connectivity index (χ1v) is 9.64. The lowest BCUT2D eigenvalue weighted by Crippen LogP contribution is -2.28. The Balaban J connectivity index is 2.18. The molecule has 1 aromatic heterocycles. The molecule has 0 spiro atoms. The van der Waals surface area contributed by atoms with E-state index in [0.29, 0.717) is 30.5 Å². The van der Waals surface area contributed by atoms with Gasteiger partial charge in [-0.25, -0.2) is 21.5 Å². The molecule has 2 aromatic carbocycles. The quantitative estimate of drug-likeness (QED) is 0.573. The summed E-state index contributed by atoms with van der Waals surface area (Å²) in [5, 5.41) is 19.1. The van der Waals surface area contributed by atoms with Crippen molar-refractivity contribution in [2.45, 2.75) is 6.18 Å². The van der Waals surface area contributed by atoms with Gasteiger partial charge < -0.3 is 0 Å². The summed E-state index contributed by atoms with van der Waals surface area (Å²) in [6, 6.07) is 5.75. The molecule has 3 rings (SSSR count). The zero-order valence-corrected chi connectivity index (χ0v) is 15.6. The van der Waals surface area contributed by atoms with Crippen LogP contribution in [0.25, 0.3) is 5.69 Å². The van der Waals surface area contributed by atoms with Gasteiger partial charge in [0.25, 0.3) is 5.95 Å². The Morgan fingerprint density at radius 2 is 1.73 bits per heavy atom. The van der Waals surface area contributed by atoms with E-state index in [-0.39, 0.29) is 9.99 Å². The standard InChI is InChI=1S/C16H9F5N6O2S/c1-30(28,29)27(14-7-12(17)9(8-22)6-13(14)18)15-23-24-25-26(15)11-4-2-10(3-5-11)16(19,20)21/h2-7H,1H3. The monoisotopic (exact) mass is 444 g/mol. The maximum atomic E-state index is 14.5. The summed E-state index contributed by atoms with van der Waals surface area (Å²) in [6.07, 6.45) is -3.95. The lowest BCUT2D eigenvalue weighted by molar-refractivity contribution is -0.137. The molecule has 14 heteroatoms. The summed E-state index contributed by atoms with van der Waals surface area (Å²) in [6.45, 7) is 0. The third kappa shape index (κ3) is 3.92. The van der Waals surface area contributed by atoms with Gasteiger partial charge in [-0.3, -0.25) is 0 Å².